The summed E-state index contributed by atoms with van der Waals surface area (Å²) >= 11 is 1.64. The van der Waals surface area contributed by atoms with E-state index in [0.29, 0.717) is 25.3 Å². The molecule has 6 rings (SSSR count). The lowest BCUT2D eigenvalue weighted by Crippen LogP contribution is -2.55. The molecule has 0 spiro atoms. The summed E-state index contributed by atoms with van der Waals surface area (Å²) in [5.41, 5.74) is 2.98. The smallest absolute Gasteiger partial charge is 0.226 e. The van der Waals surface area contributed by atoms with Gasteiger partial charge in [-0.1, -0.05) is 0 Å². The van der Waals surface area contributed by atoms with E-state index in [2.05, 4.69) is 20.4 Å². The molecule has 0 radical (unpaired) electrons. The number of ether oxygens (including phenoxy) is 1. The summed E-state index contributed by atoms with van der Waals surface area (Å²) in [7, 11) is 1.63. The summed E-state index contributed by atoms with van der Waals surface area (Å²) in [5, 5.41) is 18.3. The second-order valence-electron chi connectivity index (χ2n) is 8.32. The third kappa shape index (κ3) is 3.09. The number of anilines is 2. The van der Waals surface area contributed by atoms with E-state index in [0.717, 1.165) is 40.1 Å². The summed E-state index contributed by atoms with van der Waals surface area (Å²) in [6.07, 6.45) is 7.10. The van der Waals surface area contributed by atoms with Crippen molar-refractivity contribution in [1.29, 1.82) is 0 Å². The number of aliphatic hydroxyl groups excluding tert-OH is 1. The van der Waals surface area contributed by atoms with Gasteiger partial charge < -0.3 is 20.1 Å². The van der Waals surface area contributed by atoms with Crippen LogP contribution >= 0.6 is 11.3 Å². The average Bonchev–Trinajstić information content (AvgIpc) is 3.39. The fraction of sp³-hybridized carbons (Fsp3) is 0.364. The number of β-amino-alcohol motifs (C(OH)–C–C–N with tert-alkyl or cyclic N) is 1. The van der Waals surface area contributed by atoms with Crippen molar-refractivity contribution in [2.24, 2.45) is 5.92 Å². The number of hydrogen-bond donors (Lipinski definition) is 2. The van der Waals surface area contributed by atoms with Gasteiger partial charge in [-0.2, -0.15) is 5.10 Å². The standard InChI is InChI=1S/C22H22N6O3S/c1-31-17-10-28-13(4-5-25-28)7-16(17)26-20-19-15-3-2-12(22(30)27-8-14(29)9-27)6-18(15)32-21(19)24-11-23-20/h4-5,7,10-12,14,29H,2-3,6,8-9H2,1H3,(H,23,24,26)/t12-/m0/s1. The number of methoxy groups -OCH3 is 1. The molecule has 1 saturated heterocycles. The number of carbonyl (C=O) groups excluding carboxylic acids is 1. The Morgan fingerprint density at radius 1 is 1.34 bits per heavy atom. The molecule has 1 fully saturated rings. The average molecular weight is 451 g/mol. The third-order valence-electron chi connectivity index (χ3n) is 6.34. The Bertz CT molecular complexity index is 1340. The number of nitrogens with zero attached hydrogens (tertiary/aromatic N) is 5. The highest BCUT2D eigenvalue weighted by molar-refractivity contribution is 7.19. The van der Waals surface area contributed by atoms with Crippen LogP contribution in [0.1, 0.15) is 16.9 Å². The van der Waals surface area contributed by atoms with Crippen LogP contribution in [0.2, 0.25) is 0 Å². The maximum Gasteiger partial charge on any atom is 0.226 e. The zero-order valence-corrected chi connectivity index (χ0v) is 18.3. The van der Waals surface area contributed by atoms with Crippen LogP contribution in [0, 0.1) is 5.92 Å². The molecule has 0 aromatic carbocycles. The van der Waals surface area contributed by atoms with Gasteiger partial charge in [0.15, 0.2) is 5.75 Å². The second-order valence-corrected chi connectivity index (χ2v) is 9.41. The van der Waals surface area contributed by atoms with Crippen molar-refractivity contribution in [3.05, 3.63) is 41.3 Å². The molecule has 9 nitrogen and oxygen atoms in total. The summed E-state index contributed by atoms with van der Waals surface area (Å²) in [6.45, 7) is 0.912. The van der Waals surface area contributed by atoms with Crippen LogP contribution in [0.3, 0.4) is 0 Å². The van der Waals surface area contributed by atoms with E-state index in [1.165, 1.54) is 10.4 Å². The van der Waals surface area contributed by atoms with Crippen LogP contribution in [0.4, 0.5) is 11.5 Å². The Labute approximate surface area is 187 Å². The normalized spacial score (nSPS) is 18.6. The van der Waals surface area contributed by atoms with Crippen molar-refractivity contribution in [2.45, 2.75) is 25.4 Å². The van der Waals surface area contributed by atoms with Crippen molar-refractivity contribution in [2.75, 3.05) is 25.5 Å². The number of thiophene rings is 1. The van der Waals surface area contributed by atoms with Gasteiger partial charge in [0.25, 0.3) is 0 Å². The SMILES string of the molecule is COc1cn2nccc2cc1Nc1ncnc2sc3c(c12)CC[C@H](C(=O)N1CC(O)C1)C3. The number of aromatic nitrogens is 4. The molecule has 1 atom stereocenters. The summed E-state index contributed by atoms with van der Waals surface area (Å²) in [6, 6.07) is 3.91. The molecule has 1 amide bonds. The van der Waals surface area contributed by atoms with Gasteiger partial charge in [0.1, 0.15) is 17.0 Å². The molecule has 0 saturated carbocycles. The molecule has 2 N–H and O–H groups in total. The largest absolute Gasteiger partial charge is 0.493 e. The third-order valence-corrected chi connectivity index (χ3v) is 7.50. The Kier molecular flexibility index (Phi) is 4.51. The van der Waals surface area contributed by atoms with Crippen molar-refractivity contribution in [3.63, 3.8) is 0 Å². The number of likely N-dealkylation sites (tertiary alicyclic amines) is 1. The topological polar surface area (TPSA) is 105 Å². The zero-order chi connectivity index (χ0) is 21.8. The van der Waals surface area contributed by atoms with Crippen LogP contribution in [-0.4, -0.2) is 61.8 Å². The molecular formula is C22H22N6O3S. The van der Waals surface area contributed by atoms with E-state index in [4.69, 9.17) is 4.74 Å². The number of hydrogen-bond acceptors (Lipinski definition) is 8. The molecule has 4 aromatic heterocycles. The van der Waals surface area contributed by atoms with Crippen LogP contribution in [-0.2, 0) is 17.6 Å². The van der Waals surface area contributed by atoms with E-state index in [1.54, 1.807) is 40.4 Å². The number of carbonyl (C=O) groups is 1. The first kappa shape index (κ1) is 19.4. The predicted molar refractivity (Wildman–Crippen MR) is 121 cm³/mol. The number of rotatable bonds is 4. The molecule has 10 heteroatoms. The van der Waals surface area contributed by atoms with E-state index < -0.39 is 0 Å². The minimum atomic E-state index is -0.370. The molecule has 164 valence electrons. The van der Waals surface area contributed by atoms with Crippen molar-refractivity contribution >= 4 is 44.5 Å². The van der Waals surface area contributed by atoms with E-state index in [-0.39, 0.29) is 17.9 Å². The lowest BCUT2D eigenvalue weighted by atomic mass is 9.86. The van der Waals surface area contributed by atoms with Gasteiger partial charge in [-0.25, -0.2) is 14.5 Å². The van der Waals surface area contributed by atoms with Gasteiger partial charge >= 0.3 is 0 Å². The Hall–Kier alpha value is -3.24. The predicted octanol–water partition coefficient (Wildman–Crippen LogP) is 2.40. The van der Waals surface area contributed by atoms with Crippen LogP contribution in [0.5, 0.6) is 5.75 Å². The summed E-state index contributed by atoms with van der Waals surface area (Å²) in [4.78, 5) is 25.7. The first-order valence-electron chi connectivity index (χ1n) is 10.6. The Balaban J connectivity index is 1.34. The molecule has 1 aliphatic carbocycles. The van der Waals surface area contributed by atoms with E-state index in [9.17, 15) is 9.90 Å². The Morgan fingerprint density at radius 2 is 2.22 bits per heavy atom. The summed E-state index contributed by atoms with van der Waals surface area (Å²) in [5.74, 6) is 1.53. The highest BCUT2D eigenvalue weighted by atomic mass is 32.1. The number of pyridine rings is 1. The minimum absolute atomic E-state index is 0.0307. The van der Waals surface area contributed by atoms with Crippen LogP contribution < -0.4 is 10.1 Å². The number of nitrogens with one attached hydrogen (secondary N) is 1. The molecule has 1 aliphatic heterocycles. The monoisotopic (exact) mass is 450 g/mol. The number of aryl methyl sites for hydroxylation is 1. The van der Waals surface area contributed by atoms with E-state index in [1.807, 2.05) is 18.3 Å². The Morgan fingerprint density at radius 3 is 3.03 bits per heavy atom. The first-order valence-corrected chi connectivity index (χ1v) is 11.4. The van der Waals surface area contributed by atoms with Gasteiger partial charge in [-0.3, -0.25) is 4.79 Å². The molecule has 4 aromatic rings. The fourth-order valence-corrected chi connectivity index (χ4v) is 5.91. The number of fused-ring (bicyclic) bond motifs is 4. The lowest BCUT2D eigenvalue weighted by molar-refractivity contribution is -0.146. The quantitative estimate of drug-likeness (QED) is 0.492. The maximum atomic E-state index is 12.8. The number of amides is 1. The van der Waals surface area contributed by atoms with E-state index >= 15 is 0 Å². The summed E-state index contributed by atoms with van der Waals surface area (Å²) < 4.78 is 7.33. The van der Waals surface area contributed by atoms with Crippen molar-refractivity contribution in [3.8, 4) is 5.75 Å². The second kappa shape index (κ2) is 7.42. The fourth-order valence-electron chi connectivity index (χ4n) is 4.64. The van der Waals surface area contributed by atoms with Gasteiger partial charge in [0.05, 0.1) is 36.0 Å². The molecule has 5 heterocycles. The van der Waals surface area contributed by atoms with Gasteiger partial charge in [-0.15, -0.1) is 11.3 Å². The van der Waals surface area contributed by atoms with Crippen LogP contribution in [0.25, 0.3) is 15.7 Å². The van der Waals surface area contributed by atoms with Gasteiger partial charge in [0, 0.05) is 30.1 Å². The molecule has 0 bridgehead atoms. The molecular weight excluding hydrogens is 428 g/mol. The first-order chi connectivity index (χ1) is 15.6. The maximum absolute atomic E-state index is 12.8. The highest BCUT2D eigenvalue weighted by Gasteiger charge is 2.36. The number of aliphatic hydroxyl groups is 1. The molecule has 32 heavy (non-hydrogen) atoms. The lowest BCUT2D eigenvalue weighted by Gasteiger charge is -2.38. The van der Waals surface area contributed by atoms with Gasteiger partial charge in [-0.05, 0) is 37.0 Å². The minimum Gasteiger partial charge on any atom is -0.493 e. The van der Waals surface area contributed by atoms with Crippen molar-refractivity contribution < 1.29 is 14.6 Å². The highest BCUT2D eigenvalue weighted by Crippen LogP contribution is 2.41. The van der Waals surface area contributed by atoms with Crippen molar-refractivity contribution in [1.82, 2.24) is 24.5 Å². The van der Waals surface area contributed by atoms with Gasteiger partial charge in [0.2, 0.25) is 5.91 Å². The zero-order valence-electron chi connectivity index (χ0n) is 17.5. The van der Waals surface area contributed by atoms with Crippen LogP contribution in [0.15, 0.2) is 30.9 Å². The molecule has 2 aliphatic rings. The molecule has 0 unspecified atom stereocenters.